The Morgan fingerprint density at radius 2 is 1.47 bits per heavy atom. The number of benzene rings is 2. The van der Waals surface area contributed by atoms with E-state index in [1.165, 1.54) is 0 Å². The molecule has 4 nitrogen and oxygen atoms in total. The average Bonchev–Trinajstić information content (AvgIpc) is 2.47. The summed E-state index contributed by atoms with van der Waals surface area (Å²) in [6.07, 6.45) is 0. The fourth-order valence-electron chi connectivity index (χ4n) is 1.87. The molecule has 0 bridgehead atoms. The van der Waals surface area contributed by atoms with Gasteiger partial charge >= 0.3 is 0 Å². The van der Waals surface area contributed by atoms with Gasteiger partial charge in [0.25, 0.3) is 0 Å². The first kappa shape index (κ1) is 13.7. The monoisotopic (exact) mass is 276 g/mol. The van der Waals surface area contributed by atoms with Crippen LogP contribution in [0.25, 0.3) is 0 Å². The van der Waals surface area contributed by atoms with Gasteiger partial charge in [-0.2, -0.15) is 0 Å². The van der Waals surface area contributed by atoms with Gasteiger partial charge < -0.3 is 0 Å². The van der Waals surface area contributed by atoms with Crippen molar-refractivity contribution in [1.82, 2.24) is 5.43 Å². The lowest BCUT2D eigenvalue weighted by atomic mass is 10.1. The van der Waals surface area contributed by atoms with Crippen molar-refractivity contribution in [2.45, 2.75) is 10.9 Å². The molecule has 2 aromatic carbocycles. The molecule has 2 aromatic rings. The zero-order valence-electron chi connectivity index (χ0n) is 10.4. The third-order valence-electron chi connectivity index (χ3n) is 2.89. The summed E-state index contributed by atoms with van der Waals surface area (Å²) in [5, 5.41) is 0. The van der Waals surface area contributed by atoms with E-state index in [1.54, 1.807) is 30.3 Å². The van der Waals surface area contributed by atoms with E-state index < -0.39 is 15.9 Å². The van der Waals surface area contributed by atoms with Crippen LogP contribution >= 0.6 is 0 Å². The van der Waals surface area contributed by atoms with Gasteiger partial charge in [0, 0.05) is 0 Å². The van der Waals surface area contributed by atoms with Gasteiger partial charge in [-0.25, -0.2) is 8.42 Å². The third kappa shape index (κ3) is 3.41. The predicted molar refractivity (Wildman–Crippen MR) is 75.0 cm³/mol. The van der Waals surface area contributed by atoms with E-state index in [0.29, 0.717) is 4.90 Å². The summed E-state index contributed by atoms with van der Waals surface area (Å²) in [5.74, 6) is 5.40. The molecule has 0 amide bonds. The lowest BCUT2D eigenvalue weighted by Gasteiger charge is -2.16. The molecule has 0 aliphatic rings. The first-order valence-electron chi connectivity index (χ1n) is 5.92. The standard InChI is InChI=1S/C14H16N2O2S/c15-16-14(12-7-3-1-4-8-12)11-19(17,18)13-9-5-2-6-10-13/h1-10,14,16H,11,15H2/t14-/m1/s1. The van der Waals surface area contributed by atoms with Crippen LogP contribution in [0.5, 0.6) is 0 Å². The van der Waals surface area contributed by atoms with Crippen molar-refractivity contribution in [2.24, 2.45) is 5.84 Å². The Morgan fingerprint density at radius 1 is 0.947 bits per heavy atom. The van der Waals surface area contributed by atoms with Crippen LogP contribution in [0.15, 0.2) is 65.6 Å². The summed E-state index contributed by atoms with van der Waals surface area (Å²) >= 11 is 0. The Labute approximate surface area is 113 Å². The van der Waals surface area contributed by atoms with Crippen LogP contribution < -0.4 is 11.3 Å². The van der Waals surface area contributed by atoms with Gasteiger partial charge in [0.2, 0.25) is 0 Å². The van der Waals surface area contributed by atoms with Crippen molar-refractivity contribution in [3.8, 4) is 0 Å². The number of nitrogens with two attached hydrogens (primary N) is 1. The maximum Gasteiger partial charge on any atom is 0.180 e. The number of rotatable bonds is 5. The van der Waals surface area contributed by atoms with E-state index in [9.17, 15) is 8.42 Å². The van der Waals surface area contributed by atoms with Gasteiger partial charge in [-0.05, 0) is 17.7 Å². The molecule has 0 saturated carbocycles. The van der Waals surface area contributed by atoms with Gasteiger partial charge in [0.15, 0.2) is 9.84 Å². The van der Waals surface area contributed by atoms with E-state index in [-0.39, 0.29) is 5.75 Å². The summed E-state index contributed by atoms with van der Waals surface area (Å²) in [7, 11) is -3.36. The molecule has 0 radical (unpaired) electrons. The molecule has 0 spiro atoms. The van der Waals surface area contributed by atoms with Crippen LogP contribution in [-0.4, -0.2) is 14.2 Å². The van der Waals surface area contributed by atoms with E-state index >= 15 is 0 Å². The second-order valence-electron chi connectivity index (χ2n) is 4.22. The Kier molecular flexibility index (Phi) is 4.31. The highest BCUT2D eigenvalue weighted by Gasteiger charge is 2.21. The second kappa shape index (κ2) is 5.97. The summed E-state index contributed by atoms with van der Waals surface area (Å²) in [5.41, 5.74) is 3.42. The molecule has 0 fully saturated rings. The number of hydrogen-bond donors (Lipinski definition) is 2. The predicted octanol–water partition coefficient (Wildman–Crippen LogP) is 1.66. The highest BCUT2D eigenvalue weighted by Crippen LogP contribution is 2.19. The van der Waals surface area contributed by atoms with Crippen LogP contribution in [0.2, 0.25) is 0 Å². The number of nitrogens with one attached hydrogen (secondary N) is 1. The fraction of sp³-hybridized carbons (Fsp3) is 0.143. The van der Waals surface area contributed by atoms with Gasteiger partial charge in [-0.1, -0.05) is 48.5 Å². The van der Waals surface area contributed by atoms with Gasteiger partial charge in [0.05, 0.1) is 16.7 Å². The van der Waals surface area contributed by atoms with E-state index in [4.69, 9.17) is 5.84 Å². The zero-order chi connectivity index (χ0) is 13.7. The maximum atomic E-state index is 12.3. The van der Waals surface area contributed by atoms with Crippen molar-refractivity contribution >= 4 is 9.84 Å². The molecule has 0 aliphatic heterocycles. The van der Waals surface area contributed by atoms with E-state index in [0.717, 1.165) is 5.56 Å². The summed E-state index contributed by atoms with van der Waals surface area (Å²) in [4.78, 5) is 0.311. The molecular formula is C14H16N2O2S. The van der Waals surface area contributed by atoms with Gasteiger partial charge in [-0.15, -0.1) is 0 Å². The third-order valence-corrected chi connectivity index (χ3v) is 4.65. The molecule has 0 heterocycles. The van der Waals surface area contributed by atoms with E-state index in [1.807, 2.05) is 30.3 Å². The zero-order valence-corrected chi connectivity index (χ0v) is 11.2. The van der Waals surface area contributed by atoms with Crippen LogP contribution in [0.3, 0.4) is 0 Å². The van der Waals surface area contributed by atoms with E-state index in [2.05, 4.69) is 5.43 Å². The topological polar surface area (TPSA) is 72.2 Å². The van der Waals surface area contributed by atoms with Crippen molar-refractivity contribution in [1.29, 1.82) is 0 Å². The van der Waals surface area contributed by atoms with Crippen molar-refractivity contribution in [2.75, 3.05) is 5.75 Å². The van der Waals surface area contributed by atoms with Crippen molar-refractivity contribution in [3.63, 3.8) is 0 Å². The summed E-state index contributed by atoms with van der Waals surface area (Å²) in [6, 6.07) is 17.3. The maximum absolute atomic E-state index is 12.3. The minimum atomic E-state index is -3.36. The minimum Gasteiger partial charge on any atom is -0.271 e. The normalized spacial score (nSPS) is 13.1. The quantitative estimate of drug-likeness (QED) is 0.643. The Balaban J connectivity index is 2.24. The molecule has 0 aliphatic carbocycles. The van der Waals surface area contributed by atoms with Gasteiger partial charge in [-0.3, -0.25) is 11.3 Å². The SMILES string of the molecule is NN[C@H](CS(=O)(=O)c1ccccc1)c1ccccc1. The second-order valence-corrected chi connectivity index (χ2v) is 6.26. The average molecular weight is 276 g/mol. The lowest BCUT2D eigenvalue weighted by Crippen LogP contribution is -2.33. The minimum absolute atomic E-state index is 0.0719. The Morgan fingerprint density at radius 3 is 2.00 bits per heavy atom. The highest BCUT2D eigenvalue weighted by molar-refractivity contribution is 7.91. The van der Waals surface area contributed by atoms with Crippen LogP contribution in [0.1, 0.15) is 11.6 Å². The Bertz CT molecular complexity index is 612. The molecule has 2 rings (SSSR count). The van der Waals surface area contributed by atoms with Crippen molar-refractivity contribution < 1.29 is 8.42 Å². The number of hydrogen-bond acceptors (Lipinski definition) is 4. The molecule has 19 heavy (non-hydrogen) atoms. The molecule has 3 N–H and O–H groups in total. The molecule has 0 unspecified atom stereocenters. The first-order valence-corrected chi connectivity index (χ1v) is 7.57. The summed E-state index contributed by atoms with van der Waals surface area (Å²) in [6.45, 7) is 0. The lowest BCUT2D eigenvalue weighted by molar-refractivity contribution is 0.560. The molecule has 0 aromatic heterocycles. The highest BCUT2D eigenvalue weighted by atomic mass is 32.2. The van der Waals surface area contributed by atoms with Gasteiger partial charge in [0.1, 0.15) is 0 Å². The number of hydrazine groups is 1. The molecule has 100 valence electrons. The molecular weight excluding hydrogens is 260 g/mol. The largest absolute Gasteiger partial charge is 0.271 e. The van der Waals surface area contributed by atoms with Crippen LogP contribution in [0, 0.1) is 0 Å². The smallest absolute Gasteiger partial charge is 0.180 e. The fourth-order valence-corrected chi connectivity index (χ4v) is 3.36. The van der Waals surface area contributed by atoms with Crippen LogP contribution in [-0.2, 0) is 9.84 Å². The molecule has 0 saturated heterocycles. The van der Waals surface area contributed by atoms with Crippen LogP contribution in [0.4, 0.5) is 0 Å². The summed E-state index contributed by atoms with van der Waals surface area (Å²) < 4.78 is 24.6. The van der Waals surface area contributed by atoms with Crippen molar-refractivity contribution in [3.05, 3.63) is 66.2 Å². The molecule has 1 atom stereocenters. The Hall–Kier alpha value is -1.69. The number of sulfone groups is 1. The first-order chi connectivity index (χ1) is 9.13. The molecule has 5 heteroatoms.